The lowest BCUT2D eigenvalue weighted by molar-refractivity contribution is 0.0518. The van der Waals surface area contributed by atoms with Crippen LogP contribution in [0.3, 0.4) is 0 Å². The van der Waals surface area contributed by atoms with Gasteiger partial charge in [-0.25, -0.2) is 0 Å². The highest BCUT2D eigenvalue weighted by Gasteiger charge is 2.32. The predicted molar refractivity (Wildman–Crippen MR) is 81.6 cm³/mol. The lowest BCUT2D eigenvalue weighted by atomic mass is 9.90. The maximum atomic E-state index is 3.61. The Balaban J connectivity index is 1.91. The Hall–Kier alpha value is -0.160. The monoisotopic (exact) mass is 268 g/mol. The smallest absolute Gasteiger partial charge is 0.0262 e. The van der Waals surface area contributed by atoms with E-state index in [0.717, 1.165) is 12.0 Å². The van der Waals surface area contributed by atoms with Crippen LogP contribution in [0.5, 0.6) is 0 Å². The first-order valence-corrected chi connectivity index (χ1v) is 8.10. The van der Waals surface area contributed by atoms with Gasteiger partial charge in [0.15, 0.2) is 0 Å². The van der Waals surface area contributed by atoms with Crippen molar-refractivity contribution in [1.29, 1.82) is 0 Å². The van der Waals surface area contributed by atoms with Crippen molar-refractivity contribution in [2.75, 3.05) is 66.0 Å². The van der Waals surface area contributed by atoms with Gasteiger partial charge in [-0.15, -0.1) is 0 Å². The SMILES string of the molecule is CCN(CC)CC1CCNCC1N1CCN(C)CC1. The normalized spacial score (nSPS) is 30.9. The Kier molecular flexibility index (Phi) is 6.07. The molecule has 0 aromatic carbocycles. The number of nitrogens with one attached hydrogen (secondary N) is 1. The average molecular weight is 268 g/mol. The number of piperidine rings is 1. The van der Waals surface area contributed by atoms with Crippen molar-refractivity contribution in [3.05, 3.63) is 0 Å². The molecule has 2 heterocycles. The van der Waals surface area contributed by atoms with Gasteiger partial charge < -0.3 is 15.1 Å². The van der Waals surface area contributed by atoms with Crippen LogP contribution in [-0.2, 0) is 0 Å². The standard InChI is InChI=1S/C15H32N4/c1-4-18(5-2)13-14-6-7-16-12-15(14)19-10-8-17(3)9-11-19/h14-16H,4-13H2,1-3H3. The summed E-state index contributed by atoms with van der Waals surface area (Å²) in [7, 11) is 2.24. The fourth-order valence-electron chi connectivity index (χ4n) is 3.50. The Bertz CT molecular complexity index is 247. The first-order chi connectivity index (χ1) is 9.24. The van der Waals surface area contributed by atoms with Gasteiger partial charge in [0.05, 0.1) is 0 Å². The molecule has 0 amide bonds. The van der Waals surface area contributed by atoms with Crippen LogP contribution < -0.4 is 5.32 Å². The second-order valence-electron chi connectivity index (χ2n) is 6.15. The zero-order valence-corrected chi connectivity index (χ0v) is 13.1. The minimum atomic E-state index is 0.753. The molecule has 4 nitrogen and oxygen atoms in total. The van der Waals surface area contributed by atoms with E-state index in [2.05, 4.69) is 40.9 Å². The molecule has 2 saturated heterocycles. The fraction of sp³-hybridized carbons (Fsp3) is 1.00. The molecule has 19 heavy (non-hydrogen) atoms. The molecule has 0 aliphatic carbocycles. The maximum Gasteiger partial charge on any atom is 0.0262 e. The number of nitrogens with zero attached hydrogens (tertiary/aromatic N) is 3. The van der Waals surface area contributed by atoms with Gasteiger partial charge in [0.2, 0.25) is 0 Å². The minimum absolute atomic E-state index is 0.753. The summed E-state index contributed by atoms with van der Waals surface area (Å²) in [6.45, 7) is 15.6. The largest absolute Gasteiger partial charge is 0.315 e. The first kappa shape index (κ1) is 15.2. The van der Waals surface area contributed by atoms with Crippen LogP contribution in [0.2, 0.25) is 0 Å². The highest BCUT2D eigenvalue weighted by molar-refractivity contribution is 4.89. The van der Waals surface area contributed by atoms with Gasteiger partial charge >= 0.3 is 0 Å². The molecule has 0 aromatic rings. The number of hydrogen-bond acceptors (Lipinski definition) is 4. The zero-order chi connectivity index (χ0) is 13.7. The minimum Gasteiger partial charge on any atom is -0.315 e. The van der Waals surface area contributed by atoms with Gasteiger partial charge in [0.25, 0.3) is 0 Å². The molecule has 2 rings (SSSR count). The van der Waals surface area contributed by atoms with Crippen LogP contribution in [0, 0.1) is 5.92 Å². The van der Waals surface area contributed by atoms with Crippen LogP contribution in [0.1, 0.15) is 20.3 Å². The van der Waals surface area contributed by atoms with Crippen molar-refractivity contribution < 1.29 is 0 Å². The number of rotatable bonds is 5. The second-order valence-corrected chi connectivity index (χ2v) is 6.15. The molecule has 0 aromatic heterocycles. The molecule has 2 aliphatic heterocycles. The van der Waals surface area contributed by atoms with E-state index in [-0.39, 0.29) is 0 Å². The van der Waals surface area contributed by atoms with Crippen LogP contribution in [0.15, 0.2) is 0 Å². The third kappa shape index (κ3) is 4.15. The fourth-order valence-corrected chi connectivity index (χ4v) is 3.50. The molecule has 0 radical (unpaired) electrons. The molecule has 1 N–H and O–H groups in total. The Morgan fingerprint density at radius 1 is 1.11 bits per heavy atom. The van der Waals surface area contributed by atoms with Crippen LogP contribution in [0.4, 0.5) is 0 Å². The van der Waals surface area contributed by atoms with Gasteiger partial charge in [-0.1, -0.05) is 13.8 Å². The number of hydrogen-bond donors (Lipinski definition) is 1. The number of likely N-dealkylation sites (N-methyl/N-ethyl adjacent to an activating group) is 1. The summed E-state index contributed by atoms with van der Waals surface area (Å²) in [5, 5.41) is 3.61. The van der Waals surface area contributed by atoms with E-state index >= 15 is 0 Å². The topological polar surface area (TPSA) is 21.8 Å². The molecule has 0 bridgehead atoms. The van der Waals surface area contributed by atoms with Crippen molar-refractivity contribution >= 4 is 0 Å². The van der Waals surface area contributed by atoms with E-state index in [1.807, 2.05) is 0 Å². The lowest BCUT2D eigenvalue weighted by Crippen LogP contribution is -2.58. The lowest BCUT2D eigenvalue weighted by Gasteiger charge is -2.45. The van der Waals surface area contributed by atoms with Crippen molar-refractivity contribution in [3.63, 3.8) is 0 Å². The molecule has 2 aliphatic rings. The zero-order valence-electron chi connectivity index (χ0n) is 13.1. The highest BCUT2D eigenvalue weighted by Crippen LogP contribution is 2.21. The Morgan fingerprint density at radius 2 is 1.79 bits per heavy atom. The van der Waals surface area contributed by atoms with Gasteiger partial charge in [-0.3, -0.25) is 4.90 Å². The summed E-state index contributed by atoms with van der Waals surface area (Å²) in [6.07, 6.45) is 1.34. The van der Waals surface area contributed by atoms with Crippen LogP contribution in [0.25, 0.3) is 0 Å². The van der Waals surface area contributed by atoms with E-state index in [9.17, 15) is 0 Å². The molecule has 2 fully saturated rings. The van der Waals surface area contributed by atoms with E-state index in [4.69, 9.17) is 0 Å². The summed E-state index contributed by atoms with van der Waals surface area (Å²) in [5.41, 5.74) is 0. The van der Waals surface area contributed by atoms with E-state index in [1.54, 1.807) is 0 Å². The van der Waals surface area contributed by atoms with Crippen molar-refractivity contribution in [1.82, 2.24) is 20.0 Å². The number of piperazine rings is 1. The predicted octanol–water partition coefficient (Wildman–Crippen LogP) is 0.554. The molecule has 112 valence electrons. The quantitative estimate of drug-likeness (QED) is 0.786. The van der Waals surface area contributed by atoms with E-state index in [0.29, 0.717) is 0 Å². The summed E-state index contributed by atoms with van der Waals surface area (Å²) in [5.74, 6) is 0.851. The molecule has 4 heteroatoms. The van der Waals surface area contributed by atoms with Crippen molar-refractivity contribution in [3.8, 4) is 0 Å². The van der Waals surface area contributed by atoms with Crippen LogP contribution in [-0.4, -0.2) is 86.7 Å². The third-order valence-electron chi connectivity index (χ3n) is 4.98. The van der Waals surface area contributed by atoms with Crippen LogP contribution >= 0.6 is 0 Å². The Labute approximate surface area is 119 Å². The summed E-state index contributed by atoms with van der Waals surface area (Å²) >= 11 is 0. The van der Waals surface area contributed by atoms with Crippen molar-refractivity contribution in [2.24, 2.45) is 5.92 Å². The second kappa shape index (κ2) is 7.58. The molecule has 2 unspecified atom stereocenters. The average Bonchev–Trinajstić information content (AvgIpc) is 2.46. The van der Waals surface area contributed by atoms with Gasteiger partial charge in [-0.2, -0.15) is 0 Å². The van der Waals surface area contributed by atoms with E-state index < -0.39 is 0 Å². The van der Waals surface area contributed by atoms with Gasteiger partial charge in [0, 0.05) is 45.3 Å². The van der Waals surface area contributed by atoms with Gasteiger partial charge in [-0.05, 0) is 39.0 Å². The first-order valence-electron chi connectivity index (χ1n) is 8.10. The Morgan fingerprint density at radius 3 is 2.42 bits per heavy atom. The third-order valence-corrected chi connectivity index (χ3v) is 4.98. The molecule has 0 spiro atoms. The molecule has 2 atom stereocenters. The molecular formula is C15H32N4. The summed E-state index contributed by atoms with van der Waals surface area (Å²) in [6, 6.07) is 0.753. The molecule has 0 saturated carbocycles. The van der Waals surface area contributed by atoms with E-state index in [1.165, 1.54) is 65.3 Å². The summed E-state index contributed by atoms with van der Waals surface area (Å²) in [4.78, 5) is 7.78. The van der Waals surface area contributed by atoms with Gasteiger partial charge in [0.1, 0.15) is 0 Å². The summed E-state index contributed by atoms with van der Waals surface area (Å²) < 4.78 is 0. The van der Waals surface area contributed by atoms with Crippen molar-refractivity contribution in [2.45, 2.75) is 26.3 Å². The maximum absolute atomic E-state index is 3.61. The highest BCUT2D eigenvalue weighted by atomic mass is 15.3. The molecular weight excluding hydrogens is 236 g/mol.